The van der Waals surface area contributed by atoms with E-state index >= 15 is 0 Å². The third-order valence-electron chi connectivity index (χ3n) is 4.23. The number of H-pyrrole nitrogens is 1. The number of fused-ring (bicyclic) bond motifs is 1. The second-order valence-corrected chi connectivity index (χ2v) is 7.34. The number of rotatable bonds is 6. The van der Waals surface area contributed by atoms with Gasteiger partial charge in [0.1, 0.15) is 6.54 Å². The fraction of sp³-hybridized carbons (Fsp3) is 0.158. The number of hydrogen-bond acceptors (Lipinski definition) is 5. The summed E-state index contributed by atoms with van der Waals surface area (Å²) in [4.78, 5) is 17.8. The average Bonchev–Trinajstić information content (AvgIpc) is 3.33. The molecule has 0 saturated carbocycles. The monoisotopic (exact) mass is 395 g/mol. The van der Waals surface area contributed by atoms with Crippen LogP contribution in [-0.4, -0.2) is 32.2 Å². The summed E-state index contributed by atoms with van der Waals surface area (Å²) in [5, 5.41) is 13.0. The minimum absolute atomic E-state index is 0.0986. The first kappa shape index (κ1) is 17.6. The minimum atomic E-state index is -0.0986. The number of carbonyl (C=O) groups is 1. The lowest BCUT2D eigenvalue weighted by Crippen LogP contribution is -2.29. The van der Waals surface area contributed by atoms with E-state index in [0.717, 1.165) is 21.3 Å². The number of carbonyl (C=O) groups excluding carboxylic acids is 1. The Kier molecular flexibility index (Phi) is 5.08. The molecular weight excluding hydrogens is 378 g/mol. The zero-order valence-electron chi connectivity index (χ0n) is 14.4. The summed E-state index contributed by atoms with van der Waals surface area (Å²) in [6.07, 6.45) is 2.51. The molecule has 0 bridgehead atoms. The maximum absolute atomic E-state index is 12.4. The molecule has 0 aliphatic heterocycles. The normalized spacial score (nSPS) is 11.0. The number of pyridine rings is 1. The molecule has 2 N–H and O–H groups in total. The van der Waals surface area contributed by atoms with Crippen molar-refractivity contribution in [2.24, 2.45) is 0 Å². The highest BCUT2D eigenvalue weighted by molar-refractivity contribution is 7.71. The number of aromatic nitrogens is 4. The molecule has 8 heteroatoms. The molecule has 0 atom stereocenters. The molecule has 4 rings (SSSR count). The zero-order valence-corrected chi connectivity index (χ0v) is 16.0. The van der Waals surface area contributed by atoms with Gasteiger partial charge in [-0.3, -0.25) is 19.4 Å². The summed E-state index contributed by atoms with van der Waals surface area (Å²) >= 11 is 6.83. The molecular formula is C19H17N5OS2. The van der Waals surface area contributed by atoms with E-state index in [9.17, 15) is 4.79 Å². The van der Waals surface area contributed by atoms with Crippen LogP contribution >= 0.6 is 23.6 Å². The number of nitrogens with zero attached hydrogens (tertiary/aromatic N) is 3. The van der Waals surface area contributed by atoms with Crippen molar-refractivity contribution in [2.45, 2.75) is 13.0 Å². The van der Waals surface area contributed by atoms with E-state index in [1.807, 2.05) is 47.8 Å². The second-order valence-electron chi connectivity index (χ2n) is 6.01. The molecule has 1 amide bonds. The molecule has 0 aliphatic carbocycles. The van der Waals surface area contributed by atoms with Gasteiger partial charge in [0.05, 0.1) is 10.4 Å². The van der Waals surface area contributed by atoms with Crippen LogP contribution in [0.5, 0.6) is 0 Å². The van der Waals surface area contributed by atoms with Gasteiger partial charge in [-0.1, -0.05) is 30.3 Å². The Morgan fingerprint density at radius 1 is 1.22 bits per heavy atom. The maximum atomic E-state index is 12.4. The number of hydrogen-bond donors (Lipinski definition) is 2. The third kappa shape index (κ3) is 3.81. The fourth-order valence-corrected chi connectivity index (χ4v) is 3.88. The van der Waals surface area contributed by atoms with Crippen LogP contribution in [0.25, 0.3) is 21.6 Å². The first-order chi connectivity index (χ1) is 13.2. The van der Waals surface area contributed by atoms with Gasteiger partial charge in [-0.15, -0.1) is 11.3 Å². The van der Waals surface area contributed by atoms with Crippen molar-refractivity contribution in [1.82, 2.24) is 25.1 Å². The molecule has 6 nitrogen and oxygen atoms in total. The Balaban J connectivity index is 1.41. The van der Waals surface area contributed by atoms with Gasteiger partial charge in [-0.25, -0.2) is 0 Å². The highest BCUT2D eigenvalue weighted by Crippen LogP contribution is 2.22. The Labute approximate surface area is 164 Å². The molecule has 0 unspecified atom stereocenters. The Morgan fingerprint density at radius 3 is 2.96 bits per heavy atom. The summed E-state index contributed by atoms with van der Waals surface area (Å²) < 4.78 is 2.16. The Hall–Kier alpha value is -2.84. The lowest BCUT2D eigenvalue weighted by Gasteiger charge is -2.09. The predicted molar refractivity (Wildman–Crippen MR) is 109 cm³/mol. The van der Waals surface area contributed by atoms with E-state index in [2.05, 4.69) is 20.5 Å². The van der Waals surface area contributed by atoms with Crippen LogP contribution in [-0.2, 0) is 17.8 Å². The molecule has 4 aromatic rings. The first-order valence-electron chi connectivity index (χ1n) is 8.51. The molecule has 0 fully saturated rings. The Morgan fingerprint density at radius 2 is 2.11 bits per heavy atom. The topological polar surface area (TPSA) is 75.6 Å². The quantitative estimate of drug-likeness (QED) is 0.489. The van der Waals surface area contributed by atoms with Crippen molar-refractivity contribution in [1.29, 1.82) is 0 Å². The van der Waals surface area contributed by atoms with Gasteiger partial charge in [0.25, 0.3) is 0 Å². The fourth-order valence-electron chi connectivity index (χ4n) is 2.96. The average molecular weight is 396 g/mol. The predicted octanol–water partition coefficient (Wildman–Crippen LogP) is 3.58. The number of benzene rings is 1. The molecule has 3 aromatic heterocycles. The number of aromatic amines is 1. The van der Waals surface area contributed by atoms with Gasteiger partial charge in [0, 0.05) is 18.1 Å². The van der Waals surface area contributed by atoms with Gasteiger partial charge < -0.3 is 5.32 Å². The first-order valence-corrected chi connectivity index (χ1v) is 9.79. The van der Waals surface area contributed by atoms with Gasteiger partial charge in [0.2, 0.25) is 5.91 Å². The molecule has 0 radical (unpaired) electrons. The van der Waals surface area contributed by atoms with E-state index < -0.39 is 0 Å². The van der Waals surface area contributed by atoms with Gasteiger partial charge >= 0.3 is 0 Å². The lowest BCUT2D eigenvalue weighted by atomic mass is 10.1. The molecule has 27 heavy (non-hydrogen) atoms. The largest absolute Gasteiger partial charge is 0.354 e. The van der Waals surface area contributed by atoms with E-state index in [1.54, 1.807) is 22.1 Å². The molecule has 0 aliphatic rings. The number of para-hydroxylation sites is 1. The minimum Gasteiger partial charge on any atom is -0.354 e. The van der Waals surface area contributed by atoms with E-state index in [4.69, 9.17) is 12.2 Å². The van der Waals surface area contributed by atoms with Gasteiger partial charge in [0.15, 0.2) is 10.6 Å². The van der Waals surface area contributed by atoms with Crippen LogP contribution in [0.2, 0.25) is 0 Å². The zero-order chi connectivity index (χ0) is 18.6. The van der Waals surface area contributed by atoms with Crippen molar-refractivity contribution < 1.29 is 4.79 Å². The second kappa shape index (κ2) is 7.81. The van der Waals surface area contributed by atoms with Crippen LogP contribution in [0.4, 0.5) is 0 Å². The third-order valence-corrected chi connectivity index (χ3v) is 5.41. The van der Waals surface area contributed by atoms with E-state index in [1.165, 1.54) is 0 Å². The van der Waals surface area contributed by atoms with Crippen LogP contribution in [0.1, 0.15) is 5.56 Å². The summed E-state index contributed by atoms with van der Waals surface area (Å²) in [6.45, 7) is 0.671. The molecule has 0 saturated heterocycles. The summed E-state index contributed by atoms with van der Waals surface area (Å²) in [5.41, 5.74) is 2.10. The van der Waals surface area contributed by atoms with Crippen molar-refractivity contribution in [2.75, 3.05) is 6.54 Å². The number of thiophene rings is 1. The molecule has 3 heterocycles. The summed E-state index contributed by atoms with van der Waals surface area (Å²) in [6, 6.07) is 14.0. The Bertz CT molecular complexity index is 1130. The van der Waals surface area contributed by atoms with Crippen molar-refractivity contribution in [3.05, 3.63) is 64.4 Å². The highest BCUT2D eigenvalue weighted by atomic mass is 32.1. The molecule has 136 valence electrons. The van der Waals surface area contributed by atoms with Crippen LogP contribution in [0.3, 0.4) is 0 Å². The molecule has 1 aromatic carbocycles. The summed E-state index contributed by atoms with van der Waals surface area (Å²) in [5.74, 6) is 0.585. The van der Waals surface area contributed by atoms with Crippen molar-refractivity contribution in [3.8, 4) is 10.7 Å². The molecule has 0 spiro atoms. The lowest BCUT2D eigenvalue weighted by molar-refractivity contribution is -0.121. The van der Waals surface area contributed by atoms with Crippen LogP contribution < -0.4 is 5.32 Å². The van der Waals surface area contributed by atoms with Gasteiger partial charge in [-0.2, -0.15) is 5.10 Å². The van der Waals surface area contributed by atoms with Crippen LogP contribution in [0, 0.1) is 4.77 Å². The van der Waals surface area contributed by atoms with Crippen molar-refractivity contribution >= 4 is 40.4 Å². The van der Waals surface area contributed by atoms with E-state index in [-0.39, 0.29) is 12.5 Å². The smallest absolute Gasteiger partial charge is 0.240 e. The number of amides is 1. The standard InChI is InChI=1S/C19H17N5OS2/c25-16(12-24-18(22-23-19(24)26)15-7-3-11-27-15)20-10-8-14-5-1-4-13-6-2-9-21-17(13)14/h1-7,9,11H,8,10,12H2,(H,20,25)(H,23,26). The number of nitrogens with one attached hydrogen (secondary N) is 2. The van der Waals surface area contributed by atoms with Crippen LogP contribution in [0.15, 0.2) is 54.0 Å². The maximum Gasteiger partial charge on any atom is 0.240 e. The van der Waals surface area contributed by atoms with Crippen molar-refractivity contribution in [3.63, 3.8) is 0 Å². The van der Waals surface area contributed by atoms with E-state index in [0.29, 0.717) is 23.6 Å². The van der Waals surface area contributed by atoms with Gasteiger partial charge in [-0.05, 0) is 41.7 Å². The highest BCUT2D eigenvalue weighted by Gasteiger charge is 2.13. The SMILES string of the molecule is O=C(Cn1c(-c2cccs2)n[nH]c1=S)NCCc1cccc2cccnc12. The summed E-state index contributed by atoms with van der Waals surface area (Å²) in [7, 11) is 0.